The van der Waals surface area contributed by atoms with E-state index < -0.39 is 0 Å². The first-order valence-electron chi connectivity index (χ1n) is 7.74. The van der Waals surface area contributed by atoms with Gasteiger partial charge in [0.25, 0.3) is 0 Å². The normalized spacial score (nSPS) is 17.0. The SMILES string of the molecule is CNc1nc(N2CCCC2)nc(N(C)C(C)C(C)(C)C)n1. The maximum absolute atomic E-state index is 4.69. The van der Waals surface area contributed by atoms with Crippen molar-refractivity contribution in [3.8, 4) is 0 Å². The highest BCUT2D eigenvalue weighted by Gasteiger charge is 2.27. The lowest BCUT2D eigenvalue weighted by atomic mass is 9.87. The van der Waals surface area contributed by atoms with Gasteiger partial charge in [-0.05, 0) is 25.2 Å². The van der Waals surface area contributed by atoms with Crippen molar-refractivity contribution in [1.82, 2.24) is 15.0 Å². The molecular weight excluding hydrogens is 264 g/mol. The average Bonchev–Trinajstić information content (AvgIpc) is 2.98. The smallest absolute Gasteiger partial charge is 0.231 e. The van der Waals surface area contributed by atoms with E-state index in [1.165, 1.54) is 12.8 Å². The van der Waals surface area contributed by atoms with Crippen LogP contribution in [0.4, 0.5) is 17.8 Å². The van der Waals surface area contributed by atoms with E-state index in [0.717, 1.165) is 25.0 Å². The third-order valence-electron chi connectivity index (χ3n) is 4.37. The molecule has 0 amide bonds. The van der Waals surface area contributed by atoms with Crippen LogP contribution in [0, 0.1) is 5.41 Å². The maximum Gasteiger partial charge on any atom is 0.231 e. The van der Waals surface area contributed by atoms with Gasteiger partial charge in [-0.25, -0.2) is 0 Å². The van der Waals surface area contributed by atoms with Crippen LogP contribution in [0.2, 0.25) is 0 Å². The monoisotopic (exact) mass is 292 g/mol. The Bertz CT molecular complexity index is 476. The van der Waals surface area contributed by atoms with Crippen LogP contribution >= 0.6 is 0 Å². The van der Waals surface area contributed by atoms with Crippen LogP contribution in [0.25, 0.3) is 0 Å². The molecule has 118 valence electrons. The lowest BCUT2D eigenvalue weighted by Gasteiger charge is -2.35. The molecule has 1 aliphatic rings. The van der Waals surface area contributed by atoms with Crippen LogP contribution in [0.1, 0.15) is 40.5 Å². The van der Waals surface area contributed by atoms with E-state index in [-0.39, 0.29) is 5.41 Å². The van der Waals surface area contributed by atoms with Gasteiger partial charge in [-0.2, -0.15) is 15.0 Å². The lowest BCUT2D eigenvalue weighted by molar-refractivity contribution is 0.327. The summed E-state index contributed by atoms with van der Waals surface area (Å²) < 4.78 is 0. The third kappa shape index (κ3) is 3.54. The zero-order chi connectivity index (χ0) is 15.6. The molecule has 2 heterocycles. The molecule has 0 spiro atoms. The van der Waals surface area contributed by atoms with Crippen molar-refractivity contribution in [2.75, 3.05) is 42.3 Å². The molecule has 1 aliphatic heterocycles. The molecule has 1 atom stereocenters. The summed E-state index contributed by atoms with van der Waals surface area (Å²) in [4.78, 5) is 18.1. The van der Waals surface area contributed by atoms with Crippen molar-refractivity contribution in [2.24, 2.45) is 5.41 Å². The van der Waals surface area contributed by atoms with Gasteiger partial charge in [0.15, 0.2) is 0 Å². The van der Waals surface area contributed by atoms with Crippen LogP contribution in [-0.4, -0.2) is 48.2 Å². The Balaban J connectivity index is 2.31. The topological polar surface area (TPSA) is 57.2 Å². The second-order valence-corrected chi connectivity index (χ2v) is 6.86. The average molecular weight is 292 g/mol. The molecule has 0 aromatic carbocycles. The Hall–Kier alpha value is -1.59. The molecule has 1 fully saturated rings. The largest absolute Gasteiger partial charge is 0.357 e. The van der Waals surface area contributed by atoms with Gasteiger partial charge in [-0.15, -0.1) is 0 Å². The van der Waals surface area contributed by atoms with Crippen molar-refractivity contribution in [3.05, 3.63) is 0 Å². The van der Waals surface area contributed by atoms with E-state index in [4.69, 9.17) is 0 Å². The molecule has 0 radical (unpaired) electrons. The summed E-state index contributed by atoms with van der Waals surface area (Å²) in [7, 11) is 3.90. The number of aromatic nitrogens is 3. The van der Waals surface area contributed by atoms with Gasteiger partial charge in [-0.1, -0.05) is 20.8 Å². The minimum atomic E-state index is 0.162. The molecular formula is C15H28N6. The van der Waals surface area contributed by atoms with E-state index in [2.05, 4.69) is 64.8 Å². The van der Waals surface area contributed by atoms with Gasteiger partial charge < -0.3 is 15.1 Å². The second kappa shape index (κ2) is 6.03. The first-order valence-corrected chi connectivity index (χ1v) is 7.74. The van der Waals surface area contributed by atoms with E-state index >= 15 is 0 Å². The van der Waals surface area contributed by atoms with E-state index in [1.807, 2.05) is 7.05 Å². The van der Waals surface area contributed by atoms with Crippen LogP contribution in [0.5, 0.6) is 0 Å². The summed E-state index contributed by atoms with van der Waals surface area (Å²) in [6.07, 6.45) is 2.42. The Morgan fingerprint density at radius 2 is 1.76 bits per heavy atom. The zero-order valence-electron chi connectivity index (χ0n) is 14.1. The van der Waals surface area contributed by atoms with Crippen molar-refractivity contribution in [3.63, 3.8) is 0 Å². The Morgan fingerprint density at radius 3 is 2.29 bits per heavy atom. The molecule has 2 rings (SSSR count). The minimum absolute atomic E-state index is 0.162. The fourth-order valence-corrected chi connectivity index (χ4v) is 2.44. The summed E-state index contributed by atoms with van der Waals surface area (Å²) in [6.45, 7) is 11.0. The van der Waals surface area contributed by atoms with Crippen LogP contribution in [0.3, 0.4) is 0 Å². The Kier molecular flexibility index (Phi) is 4.54. The first kappa shape index (κ1) is 15.8. The van der Waals surface area contributed by atoms with Gasteiger partial charge in [-0.3, -0.25) is 0 Å². The highest BCUT2D eigenvalue weighted by Crippen LogP contribution is 2.27. The molecule has 1 aromatic heterocycles. The van der Waals surface area contributed by atoms with E-state index in [0.29, 0.717) is 12.0 Å². The lowest BCUT2D eigenvalue weighted by Crippen LogP contribution is -2.40. The highest BCUT2D eigenvalue weighted by atomic mass is 15.4. The molecule has 1 saturated heterocycles. The van der Waals surface area contributed by atoms with Gasteiger partial charge in [0.2, 0.25) is 17.8 Å². The molecule has 0 aliphatic carbocycles. The molecule has 6 heteroatoms. The number of hydrogen-bond donors (Lipinski definition) is 1. The van der Waals surface area contributed by atoms with Gasteiger partial charge in [0.05, 0.1) is 0 Å². The summed E-state index contributed by atoms with van der Waals surface area (Å²) in [5.41, 5.74) is 0.162. The molecule has 0 bridgehead atoms. The second-order valence-electron chi connectivity index (χ2n) is 6.86. The molecule has 0 saturated carbocycles. The minimum Gasteiger partial charge on any atom is -0.357 e. The van der Waals surface area contributed by atoms with E-state index in [1.54, 1.807) is 0 Å². The highest BCUT2D eigenvalue weighted by molar-refractivity contribution is 5.45. The molecule has 1 unspecified atom stereocenters. The standard InChI is InChI=1S/C15H28N6/c1-11(15(2,3)4)20(6)13-17-12(16-5)18-14(19-13)21-9-7-8-10-21/h11H,7-10H2,1-6H3,(H,16,17,18,19). The van der Waals surface area contributed by atoms with Crippen LogP contribution in [0.15, 0.2) is 0 Å². The quantitative estimate of drug-likeness (QED) is 0.919. The third-order valence-corrected chi connectivity index (χ3v) is 4.37. The van der Waals surface area contributed by atoms with Crippen molar-refractivity contribution < 1.29 is 0 Å². The predicted octanol–water partition coefficient (Wildman–Crippen LogP) is 2.38. The summed E-state index contributed by atoms with van der Waals surface area (Å²) in [5, 5.41) is 3.05. The maximum atomic E-state index is 4.69. The van der Waals surface area contributed by atoms with Crippen molar-refractivity contribution in [2.45, 2.75) is 46.6 Å². The van der Waals surface area contributed by atoms with E-state index in [9.17, 15) is 0 Å². The van der Waals surface area contributed by atoms with Gasteiger partial charge in [0.1, 0.15) is 0 Å². The number of nitrogens with one attached hydrogen (secondary N) is 1. The number of rotatable bonds is 4. The number of nitrogens with zero attached hydrogens (tertiary/aromatic N) is 5. The summed E-state index contributed by atoms with van der Waals surface area (Å²) in [5.74, 6) is 2.16. The molecule has 1 N–H and O–H groups in total. The summed E-state index contributed by atoms with van der Waals surface area (Å²) in [6, 6.07) is 0.330. The summed E-state index contributed by atoms with van der Waals surface area (Å²) >= 11 is 0. The molecule has 6 nitrogen and oxygen atoms in total. The van der Waals surface area contributed by atoms with Crippen molar-refractivity contribution in [1.29, 1.82) is 0 Å². The van der Waals surface area contributed by atoms with Gasteiger partial charge in [0, 0.05) is 33.2 Å². The fourth-order valence-electron chi connectivity index (χ4n) is 2.44. The van der Waals surface area contributed by atoms with Crippen LogP contribution < -0.4 is 15.1 Å². The predicted molar refractivity (Wildman–Crippen MR) is 88.1 cm³/mol. The van der Waals surface area contributed by atoms with Gasteiger partial charge >= 0.3 is 0 Å². The Labute approximate surface area is 128 Å². The first-order chi connectivity index (χ1) is 9.82. The zero-order valence-corrected chi connectivity index (χ0v) is 14.1. The fraction of sp³-hybridized carbons (Fsp3) is 0.800. The van der Waals surface area contributed by atoms with Crippen molar-refractivity contribution >= 4 is 17.8 Å². The molecule has 1 aromatic rings. The number of hydrogen-bond acceptors (Lipinski definition) is 6. The van der Waals surface area contributed by atoms with Crippen LogP contribution in [-0.2, 0) is 0 Å². The number of anilines is 3. The molecule has 21 heavy (non-hydrogen) atoms. The Morgan fingerprint density at radius 1 is 1.14 bits per heavy atom.